The topological polar surface area (TPSA) is 75.6 Å². The monoisotopic (exact) mass is 223 g/mol. The minimum atomic E-state index is -0.984. The number of carbonyl (C=O) groups is 2. The minimum absolute atomic E-state index is 0.0125. The van der Waals surface area contributed by atoms with E-state index in [-0.39, 0.29) is 18.9 Å². The number of hydrogen-bond acceptors (Lipinski definition) is 4. The summed E-state index contributed by atoms with van der Waals surface area (Å²) in [6, 6.07) is 6.65. The molecule has 1 rings (SSSR count). The molecule has 1 aromatic carbocycles. The largest absolute Gasteiger partial charge is 0.497 e. The maximum Gasteiger partial charge on any atom is 0.317 e. The van der Waals surface area contributed by atoms with Crippen LogP contribution in [0.15, 0.2) is 24.3 Å². The second kappa shape index (κ2) is 5.87. The molecule has 0 amide bonds. The molecule has 86 valence electrons. The molecule has 0 aliphatic rings. The van der Waals surface area contributed by atoms with Gasteiger partial charge >= 0.3 is 5.97 Å². The van der Waals surface area contributed by atoms with Crippen LogP contribution in [0.2, 0.25) is 0 Å². The van der Waals surface area contributed by atoms with Crippen LogP contribution in [0.4, 0.5) is 0 Å². The minimum Gasteiger partial charge on any atom is -0.497 e. The van der Waals surface area contributed by atoms with Crippen molar-refractivity contribution < 1.29 is 19.4 Å². The van der Waals surface area contributed by atoms with Crippen LogP contribution in [0.3, 0.4) is 0 Å². The summed E-state index contributed by atoms with van der Waals surface area (Å²) < 4.78 is 4.96. The molecule has 0 spiro atoms. The smallest absolute Gasteiger partial charge is 0.317 e. The highest BCUT2D eigenvalue weighted by molar-refractivity contribution is 5.97. The van der Waals surface area contributed by atoms with E-state index in [1.165, 1.54) is 0 Å². The van der Waals surface area contributed by atoms with Gasteiger partial charge in [0.25, 0.3) is 0 Å². The number of carboxylic acid groups (broad SMARTS) is 1. The number of hydrogen-bond donors (Lipinski definition) is 2. The number of aliphatic carboxylic acids is 1. The molecule has 0 atom stereocenters. The highest BCUT2D eigenvalue weighted by Crippen LogP contribution is 2.11. The van der Waals surface area contributed by atoms with Gasteiger partial charge in [-0.05, 0) is 24.3 Å². The second-order valence-electron chi connectivity index (χ2n) is 3.15. The molecule has 0 heterocycles. The van der Waals surface area contributed by atoms with Crippen molar-refractivity contribution in [2.24, 2.45) is 0 Å². The summed E-state index contributed by atoms with van der Waals surface area (Å²) in [5, 5.41) is 10.9. The van der Waals surface area contributed by atoms with E-state index in [4.69, 9.17) is 9.84 Å². The SMILES string of the molecule is COc1ccc(C(=O)CNCC(=O)O)cc1. The standard InChI is InChI=1S/C11H13NO4/c1-16-9-4-2-8(3-5-9)10(13)6-12-7-11(14)15/h2-5,12H,6-7H2,1H3,(H,14,15). The number of carbonyl (C=O) groups excluding carboxylic acids is 1. The van der Waals surface area contributed by atoms with Crippen molar-refractivity contribution in [1.82, 2.24) is 5.32 Å². The fraction of sp³-hybridized carbons (Fsp3) is 0.273. The maximum atomic E-state index is 11.5. The zero-order valence-electron chi connectivity index (χ0n) is 8.90. The van der Waals surface area contributed by atoms with E-state index in [0.29, 0.717) is 11.3 Å². The van der Waals surface area contributed by atoms with Crippen molar-refractivity contribution in [3.05, 3.63) is 29.8 Å². The van der Waals surface area contributed by atoms with Crippen molar-refractivity contribution in [1.29, 1.82) is 0 Å². The van der Waals surface area contributed by atoms with E-state index in [1.807, 2.05) is 0 Å². The molecular formula is C11H13NO4. The van der Waals surface area contributed by atoms with Gasteiger partial charge in [0.15, 0.2) is 5.78 Å². The molecule has 0 radical (unpaired) electrons. The molecule has 5 nitrogen and oxygen atoms in total. The van der Waals surface area contributed by atoms with E-state index in [0.717, 1.165) is 0 Å². The highest BCUT2D eigenvalue weighted by Gasteiger charge is 2.06. The molecule has 16 heavy (non-hydrogen) atoms. The van der Waals surface area contributed by atoms with Crippen LogP contribution in [0, 0.1) is 0 Å². The summed E-state index contributed by atoms with van der Waals surface area (Å²) in [6.07, 6.45) is 0. The second-order valence-corrected chi connectivity index (χ2v) is 3.15. The quantitative estimate of drug-likeness (QED) is 0.689. The van der Waals surface area contributed by atoms with Crippen molar-refractivity contribution >= 4 is 11.8 Å². The Morgan fingerprint density at radius 2 is 1.88 bits per heavy atom. The molecule has 0 saturated heterocycles. The lowest BCUT2D eigenvalue weighted by Crippen LogP contribution is -2.28. The number of carboxylic acids is 1. The Balaban J connectivity index is 2.49. The van der Waals surface area contributed by atoms with E-state index >= 15 is 0 Å². The van der Waals surface area contributed by atoms with E-state index < -0.39 is 5.97 Å². The Hall–Kier alpha value is -1.88. The van der Waals surface area contributed by atoms with Gasteiger partial charge in [-0.1, -0.05) is 0 Å². The molecule has 0 aliphatic carbocycles. The van der Waals surface area contributed by atoms with Gasteiger partial charge < -0.3 is 9.84 Å². The lowest BCUT2D eigenvalue weighted by atomic mass is 10.1. The average molecular weight is 223 g/mol. The van der Waals surface area contributed by atoms with Crippen LogP contribution in [-0.2, 0) is 4.79 Å². The predicted molar refractivity (Wildman–Crippen MR) is 57.8 cm³/mol. The third-order valence-corrected chi connectivity index (χ3v) is 1.97. The lowest BCUT2D eigenvalue weighted by molar-refractivity contribution is -0.135. The Morgan fingerprint density at radius 3 is 2.38 bits per heavy atom. The van der Waals surface area contributed by atoms with E-state index in [2.05, 4.69) is 5.32 Å². The third-order valence-electron chi connectivity index (χ3n) is 1.97. The summed E-state index contributed by atoms with van der Waals surface area (Å²) >= 11 is 0. The van der Waals surface area contributed by atoms with Gasteiger partial charge in [0.05, 0.1) is 20.2 Å². The van der Waals surface area contributed by atoms with Gasteiger partial charge in [-0.3, -0.25) is 14.9 Å². The summed E-state index contributed by atoms with van der Waals surface area (Å²) in [6.45, 7) is -0.208. The summed E-state index contributed by atoms with van der Waals surface area (Å²) in [7, 11) is 1.55. The van der Waals surface area contributed by atoms with Crippen LogP contribution in [0.25, 0.3) is 0 Å². The van der Waals surface area contributed by atoms with Crippen molar-refractivity contribution in [3.8, 4) is 5.75 Å². The normalized spacial score (nSPS) is 9.81. The van der Waals surface area contributed by atoms with Crippen LogP contribution in [-0.4, -0.2) is 37.1 Å². The Kier molecular flexibility index (Phi) is 4.47. The van der Waals surface area contributed by atoms with Gasteiger partial charge in [-0.15, -0.1) is 0 Å². The molecule has 0 aromatic heterocycles. The first kappa shape index (κ1) is 12.2. The van der Waals surface area contributed by atoms with Crippen LogP contribution >= 0.6 is 0 Å². The molecule has 0 saturated carbocycles. The molecule has 0 aliphatic heterocycles. The van der Waals surface area contributed by atoms with Gasteiger partial charge in [0.2, 0.25) is 0 Å². The van der Waals surface area contributed by atoms with Crippen molar-refractivity contribution in [2.45, 2.75) is 0 Å². The molecule has 0 unspecified atom stereocenters. The van der Waals surface area contributed by atoms with Crippen molar-refractivity contribution in [3.63, 3.8) is 0 Å². The molecule has 5 heteroatoms. The van der Waals surface area contributed by atoms with Crippen LogP contribution in [0.1, 0.15) is 10.4 Å². The third kappa shape index (κ3) is 3.70. The first-order chi connectivity index (χ1) is 7.63. The van der Waals surface area contributed by atoms with Crippen molar-refractivity contribution in [2.75, 3.05) is 20.2 Å². The molecule has 0 fully saturated rings. The van der Waals surface area contributed by atoms with E-state index in [9.17, 15) is 9.59 Å². The first-order valence-corrected chi connectivity index (χ1v) is 4.73. The average Bonchev–Trinajstić information content (AvgIpc) is 2.28. The number of ether oxygens (including phenoxy) is 1. The number of benzene rings is 1. The molecule has 2 N–H and O–H groups in total. The number of Topliss-reactive ketones (excluding diaryl/α,β-unsaturated/α-hetero) is 1. The fourth-order valence-electron chi connectivity index (χ4n) is 1.16. The summed E-state index contributed by atoms with van der Waals surface area (Å²) in [5.41, 5.74) is 0.527. The van der Waals surface area contributed by atoms with Crippen LogP contribution < -0.4 is 10.1 Å². The van der Waals surface area contributed by atoms with E-state index in [1.54, 1.807) is 31.4 Å². The highest BCUT2D eigenvalue weighted by atomic mass is 16.5. The van der Waals surface area contributed by atoms with Gasteiger partial charge in [-0.2, -0.15) is 0 Å². The Morgan fingerprint density at radius 1 is 1.25 bits per heavy atom. The summed E-state index contributed by atoms with van der Waals surface area (Å²) in [5.74, 6) is -0.457. The molecule has 0 bridgehead atoms. The number of nitrogens with one attached hydrogen (secondary N) is 1. The predicted octanol–water partition coefficient (Wildman–Crippen LogP) is 0.552. The Bertz CT molecular complexity index is 372. The first-order valence-electron chi connectivity index (χ1n) is 4.73. The zero-order valence-corrected chi connectivity index (χ0v) is 8.90. The van der Waals surface area contributed by atoms with Gasteiger partial charge in [-0.25, -0.2) is 0 Å². The Labute approximate surface area is 93.0 Å². The summed E-state index contributed by atoms with van der Waals surface area (Å²) in [4.78, 5) is 21.7. The van der Waals surface area contributed by atoms with Gasteiger partial charge in [0, 0.05) is 5.56 Å². The van der Waals surface area contributed by atoms with Gasteiger partial charge in [0.1, 0.15) is 5.75 Å². The van der Waals surface area contributed by atoms with Crippen LogP contribution in [0.5, 0.6) is 5.75 Å². The lowest BCUT2D eigenvalue weighted by Gasteiger charge is -2.03. The number of ketones is 1. The number of rotatable bonds is 6. The molecular weight excluding hydrogens is 210 g/mol. The molecule has 1 aromatic rings. The zero-order chi connectivity index (χ0) is 12.0. The number of methoxy groups -OCH3 is 1. The fourth-order valence-corrected chi connectivity index (χ4v) is 1.16. The maximum absolute atomic E-state index is 11.5.